The number of pyridine rings is 1. The largest absolute Gasteiger partial charge is 0.418 e. The highest BCUT2D eigenvalue weighted by atomic mass is 19.4. The molecule has 1 aromatic carbocycles. The van der Waals surface area contributed by atoms with Gasteiger partial charge < -0.3 is 15.1 Å². The first-order valence-corrected chi connectivity index (χ1v) is 9.64. The van der Waals surface area contributed by atoms with Gasteiger partial charge in [-0.1, -0.05) is 19.1 Å². The van der Waals surface area contributed by atoms with Crippen molar-refractivity contribution in [1.29, 1.82) is 0 Å². The molecule has 29 heavy (non-hydrogen) atoms. The van der Waals surface area contributed by atoms with Gasteiger partial charge in [0, 0.05) is 25.2 Å². The molecule has 2 atom stereocenters. The van der Waals surface area contributed by atoms with Crippen LogP contribution in [0.25, 0.3) is 10.9 Å². The number of carbonyl (C=O) groups is 1. The summed E-state index contributed by atoms with van der Waals surface area (Å²) >= 11 is 0. The van der Waals surface area contributed by atoms with E-state index in [1.807, 2.05) is 14.1 Å². The molecule has 0 aliphatic carbocycles. The molecule has 158 valence electrons. The zero-order valence-corrected chi connectivity index (χ0v) is 17.2. The lowest BCUT2D eigenvalue weighted by Crippen LogP contribution is -2.59. The first kappa shape index (κ1) is 21.5. The Bertz CT molecular complexity index is 899. The predicted octanol–water partition coefficient (Wildman–Crippen LogP) is 3.10. The van der Waals surface area contributed by atoms with Crippen LogP contribution in [-0.2, 0) is 16.5 Å². The second-order valence-corrected chi connectivity index (χ2v) is 8.22. The van der Waals surface area contributed by atoms with Gasteiger partial charge in [-0.2, -0.15) is 13.2 Å². The number of fused-ring (bicyclic) bond motifs is 1. The highest BCUT2D eigenvalue weighted by Crippen LogP contribution is 2.42. The fourth-order valence-corrected chi connectivity index (χ4v) is 4.31. The number of nitrogens with zero attached hydrogens (tertiary/aromatic N) is 3. The zero-order valence-electron chi connectivity index (χ0n) is 17.2. The normalized spacial score (nSPS) is 22.8. The minimum atomic E-state index is -4.50. The Kier molecular flexibility index (Phi) is 5.87. The van der Waals surface area contributed by atoms with Crippen molar-refractivity contribution in [2.24, 2.45) is 5.92 Å². The van der Waals surface area contributed by atoms with Crippen LogP contribution in [0.15, 0.2) is 30.5 Å². The van der Waals surface area contributed by atoms with Gasteiger partial charge in [0.2, 0.25) is 5.91 Å². The highest BCUT2D eigenvalue weighted by molar-refractivity contribution is 5.88. The van der Waals surface area contributed by atoms with Crippen molar-refractivity contribution >= 4 is 16.8 Å². The summed E-state index contributed by atoms with van der Waals surface area (Å²) in [4.78, 5) is 20.5. The summed E-state index contributed by atoms with van der Waals surface area (Å²) in [6, 6.07) is 5.92. The van der Waals surface area contributed by atoms with E-state index in [9.17, 15) is 18.0 Å². The molecule has 0 saturated carbocycles. The number of nitrogens with one attached hydrogen (secondary N) is 1. The lowest BCUT2D eigenvalue weighted by Gasteiger charge is -2.48. The van der Waals surface area contributed by atoms with E-state index in [0.717, 1.165) is 12.6 Å². The third kappa shape index (κ3) is 4.09. The van der Waals surface area contributed by atoms with Gasteiger partial charge in [-0.3, -0.25) is 9.78 Å². The van der Waals surface area contributed by atoms with Crippen molar-refractivity contribution in [3.8, 4) is 0 Å². The van der Waals surface area contributed by atoms with Crippen LogP contribution in [0.2, 0.25) is 0 Å². The van der Waals surface area contributed by atoms with Gasteiger partial charge in [-0.25, -0.2) is 0 Å². The molecule has 0 radical (unpaired) electrons. The van der Waals surface area contributed by atoms with E-state index in [0.29, 0.717) is 23.9 Å². The van der Waals surface area contributed by atoms with Crippen LogP contribution in [0, 0.1) is 5.92 Å². The molecule has 1 aliphatic heterocycles. The monoisotopic (exact) mass is 408 g/mol. The number of piperidine rings is 1. The maximum atomic E-state index is 13.6. The Morgan fingerprint density at radius 2 is 2.00 bits per heavy atom. The smallest absolute Gasteiger partial charge is 0.334 e. The molecule has 1 saturated heterocycles. The van der Waals surface area contributed by atoms with E-state index in [1.54, 1.807) is 29.0 Å². The Morgan fingerprint density at radius 3 is 2.62 bits per heavy atom. The minimum Gasteiger partial charge on any atom is -0.334 e. The molecule has 0 spiro atoms. The van der Waals surface area contributed by atoms with Crippen molar-refractivity contribution in [2.75, 3.05) is 40.8 Å². The fraction of sp³-hybridized carbons (Fsp3) is 0.524. The molecular weight excluding hydrogens is 381 g/mol. The molecule has 5 nitrogen and oxygen atoms in total. The molecule has 1 aliphatic rings. The summed E-state index contributed by atoms with van der Waals surface area (Å²) in [5.74, 6) is 0.176. The number of rotatable bonds is 4. The molecule has 3 rings (SSSR count). The fourth-order valence-electron chi connectivity index (χ4n) is 4.31. The number of benzene rings is 1. The van der Waals surface area contributed by atoms with Crippen LogP contribution in [0.5, 0.6) is 0 Å². The SMILES string of the molecule is C[C@@H]1CNC[C@@](c2ccc(C(F)(F)F)c3ncccc23)(N(C)C(=O)CN(C)C)C1. The predicted molar refractivity (Wildman–Crippen MR) is 106 cm³/mol. The van der Waals surface area contributed by atoms with E-state index in [2.05, 4.69) is 17.2 Å². The Hall–Kier alpha value is -2.19. The molecule has 2 heterocycles. The highest BCUT2D eigenvalue weighted by Gasteiger charge is 2.44. The molecule has 8 heteroatoms. The molecule has 0 bridgehead atoms. The zero-order chi connectivity index (χ0) is 21.4. The third-order valence-corrected chi connectivity index (χ3v) is 5.64. The molecule has 0 unspecified atom stereocenters. The average Bonchev–Trinajstić information content (AvgIpc) is 2.65. The number of aromatic nitrogens is 1. The van der Waals surface area contributed by atoms with Crippen LogP contribution in [0.3, 0.4) is 0 Å². The number of halogens is 3. The number of hydrogen-bond acceptors (Lipinski definition) is 4. The molecule has 1 N–H and O–H groups in total. The molecule has 1 amide bonds. The maximum absolute atomic E-state index is 13.6. The Morgan fingerprint density at radius 1 is 1.28 bits per heavy atom. The molecule has 1 aromatic heterocycles. The summed E-state index contributed by atoms with van der Waals surface area (Å²) in [6.07, 6.45) is -2.47. The summed E-state index contributed by atoms with van der Waals surface area (Å²) in [5.41, 5.74) is -0.896. The summed E-state index contributed by atoms with van der Waals surface area (Å²) in [6.45, 7) is 3.58. The van der Waals surface area contributed by atoms with E-state index in [4.69, 9.17) is 0 Å². The second-order valence-electron chi connectivity index (χ2n) is 8.22. The van der Waals surface area contributed by atoms with Crippen LogP contribution >= 0.6 is 0 Å². The van der Waals surface area contributed by atoms with Gasteiger partial charge >= 0.3 is 6.18 Å². The second kappa shape index (κ2) is 7.91. The molecule has 2 aromatic rings. The van der Waals surface area contributed by atoms with Gasteiger partial charge in [0.05, 0.1) is 23.2 Å². The van der Waals surface area contributed by atoms with E-state index in [-0.39, 0.29) is 23.9 Å². The summed E-state index contributed by atoms with van der Waals surface area (Å²) < 4.78 is 40.7. The van der Waals surface area contributed by atoms with Crippen molar-refractivity contribution in [3.05, 3.63) is 41.6 Å². The quantitative estimate of drug-likeness (QED) is 0.845. The number of hydrogen-bond donors (Lipinski definition) is 1. The van der Waals surface area contributed by atoms with E-state index >= 15 is 0 Å². The number of carbonyl (C=O) groups excluding carboxylic acids is 1. The van der Waals surface area contributed by atoms with Crippen LogP contribution < -0.4 is 5.32 Å². The van der Waals surface area contributed by atoms with Gasteiger partial charge in [0.15, 0.2) is 0 Å². The van der Waals surface area contributed by atoms with E-state index in [1.165, 1.54) is 12.3 Å². The maximum Gasteiger partial charge on any atom is 0.418 e. The van der Waals surface area contributed by atoms with Crippen LogP contribution in [0.1, 0.15) is 24.5 Å². The minimum absolute atomic E-state index is 0.0800. The van der Waals surface area contributed by atoms with Crippen LogP contribution in [0.4, 0.5) is 13.2 Å². The Balaban J connectivity index is 2.22. The average molecular weight is 408 g/mol. The first-order chi connectivity index (χ1) is 13.6. The van der Waals surface area contributed by atoms with Crippen molar-refractivity contribution in [2.45, 2.75) is 25.1 Å². The summed E-state index contributed by atoms with van der Waals surface area (Å²) in [7, 11) is 5.38. The number of alkyl halides is 3. The van der Waals surface area contributed by atoms with Gasteiger partial charge in [0.1, 0.15) is 0 Å². The first-order valence-electron chi connectivity index (χ1n) is 9.64. The lowest BCUT2D eigenvalue weighted by atomic mass is 9.76. The summed E-state index contributed by atoms with van der Waals surface area (Å²) in [5, 5.41) is 3.81. The molecule has 1 fully saturated rings. The standard InChI is InChI=1S/C21H27F3N4O/c1-14-10-20(13-25-11-14,28(4)18(29)12-27(2)3)16-7-8-17(21(22,23)24)19-15(16)6-5-9-26-19/h5-9,14,25H,10-13H2,1-4H3/t14-,20-/m0/s1. The van der Waals surface area contributed by atoms with Crippen molar-refractivity contribution < 1.29 is 18.0 Å². The van der Waals surface area contributed by atoms with Gasteiger partial charge in [-0.15, -0.1) is 0 Å². The number of likely N-dealkylation sites (N-methyl/N-ethyl adjacent to an activating group) is 2. The van der Waals surface area contributed by atoms with Gasteiger partial charge in [0.25, 0.3) is 0 Å². The number of amides is 1. The topological polar surface area (TPSA) is 48.5 Å². The lowest BCUT2D eigenvalue weighted by molar-refractivity contribution is -0.139. The van der Waals surface area contributed by atoms with E-state index < -0.39 is 17.3 Å². The van der Waals surface area contributed by atoms with Gasteiger partial charge in [-0.05, 0) is 50.7 Å². The van der Waals surface area contributed by atoms with Crippen molar-refractivity contribution in [3.63, 3.8) is 0 Å². The Labute approximate surface area is 168 Å². The third-order valence-electron chi connectivity index (χ3n) is 5.64. The van der Waals surface area contributed by atoms with Crippen LogP contribution in [-0.4, -0.2) is 61.5 Å². The van der Waals surface area contributed by atoms with Crippen molar-refractivity contribution in [1.82, 2.24) is 20.1 Å². The molecular formula is C21H27F3N4O.